The first-order valence-corrected chi connectivity index (χ1v) is 9.17. The quantitative estimate of drug-likeness (QED) is 0.762. The van der Waals surface area contributed by atoms with Gasteiger partial charge in [-0.05, 0) is 24.5 Å². The molecule has 0 spiro atoms. The molecule has 0 atom stereocenters. The molecule has 2 aromatic rings. The molecule has 4 nitrogen and oxygen atoms in total. The lowest BCUT2D eigenvalue weighted by Crippen LogP contribution is -2.46. The molecule has 2 aromatic carbocycles. The number of aliphatic hydroxyl groups is 1. The van der Waals surface area contributed by atoms with Gasteiger partial charge in [-0.1, -0.05) is 74.0 Å². The molecule has 2 amide bonds. The highest BCUT2D eigenvalue weighted by atomic mass is 16.3. The van der Waals surface area contributed by atoms with Gasteiger partial charge in [0.25, 0.3) is 0 Å². The van der Waals surface area contributed by atoms with Gasteiger partial charge < -0.3 is 15.3 Å². The van der Waals surface area contributed by atoms with Gasteiger partial charge in [0.2, 0.25) is 0 Å². The normalized spacial score (nSPS) is 11.2. The Morgan fingerprint density at radius 1 is 1.08 bits per heavy atom. The molecule has 26 heavy (non-hydrogen) atoms. The predicted molar refractivity (Wildman–Crippen MR) is 106 cm³/mol. The third-order valence-electron chi connectivity index (χ3n) is 4.65. The maximum Gasteiger partial charge on any atom is 0.317 e. The fraction of sp³-hybridized carbons (Fsp3) is 0.409. The minimum atomic E-state index is -0.161. The predicted octanol–water partition coefficient (Wildman–Crippen LogP) is 3.52. The van der Waals surface area contributed by atoms with Gasteiger partial charge in [-0.25, -0.2) is 4.79 Å². The lowest BCUT2D eigenvalue weighted by molar-refractivity contribution is 0.176. The lowest BCUT2D eigenvalue weighted by atomic mass is 9.84. The Morgan fingerprint density at radius 2 is 1.81 bits per heavy atom. The zero-order chi connectivity index (χ0) is 19.0. The summed E-state index contributed by atoms with van der Waals surface area (Å²) in [4.78, 5) is 14.3. The highest BCUT2D eigenvalue weighted by molar-refractivity contribution is 5.74. The maximum atomic E-state index is 12.6. The summed E-state index contributed by atoms with van der Waals surface area (Å²) in [5.41, 5.74) is 3.44. The first-order chi connectivity index (χ1) is 12.4. The van der Waals surface area contributed by atoms with Gasteiger partial charge in [0.05, 0.1) is 6.61 Å². The van der Waals surface area contributed by atoms with E-state index >= 15 is 0 Å². The molecule has 0 heterocycles. The van der Waals surface area contributed by atoms with E-state index in [1.807, 2.05) is 24.3 Å². The summed E-state index contributed by atoms with van der Waals surface area (Å²) in [6, 6.07) is 18.3. The van der Waals surface area contributed by atoms with E-state index in [2.05, 4.69) is 56.4 Å². The average molecular weight is 354 g/mol. The molecule has 0 aliphatic rings. The molecule has 140 valence electrons. The average Bonchev–Trinajstić information content (AvgIpc) is 2.64. The van der Waals surface area contributed by atoms with Crippen LogP contribution in [0.4, 0.5) is 4.79 Å². The number of aliphatic hydroxyl groups excluding tert-OH is 1. The van der Waals surface area contributed by atoms with E-state index < -0.39 is 0 Å². The zero-order valence-corrected chi connectivity index (χ0v) is 16.0. The number of carbonyl (C=O) groups excluding carboxylic acids is 1. The van der Waals surface area contributed by atoms with Crippen LogP contribution in [0.15, 0.2) is 54.6 Å². The van der Waals surface area contributed by atoms with Crippen LogP contribution in [0.3, 0.4) is 0 Å². The molecule has 0 saturated carbocycles. The van der Waals surface area contributed by atoms with Crippen LogP contribution in [0, 0.1) is 6.92 Å². The van der Waals surface area contributed by atoms with Crippen molar-refractivity contribution in [1.29, 1.82) is 0 Å². The van der Waals surface area contributed by atoms with Crippen LogP contribution in [0.2, 0.25) is 0 Å². The number of urea groups is 1. The highest BCUT2D eigenvalue weighted by Crippen LogP contribution is 2.23. The Labute approximate surface area is 156 Å². The third-order valence-corrected chi connectivity index (χ3v) is 4.65. The van der Waals surface area contributed by atoms with Gasteiger partial charge in [-0.2, -0.15) is 0 Å². The largest absolute Gasteiger partial charge is 0.395 e. The Bertz CT molecular complexity index is 698. The molecular weight excluding hydrogens is 324 g/mol. The summed E-state index contributed by atoms with van der Waals surface area (Å²) in [5.74, 6) is 0. The van der Waals surface area contributed by atoms with Gasteiger partial charge in [0, 0.05) is 25.0 Å². The van der Waals surface area contributed by atoms with Gasteiger partial charge in [0.1, 0.15) is 0 Å². The van der Waals surface area contributed by atoms with Crippen LogP contribution >= 0.6 is 0 Å². The van der Waals surface area contributed by atoms with Crippen molar-refractivity contribution in [3.8, 4) is 0 Å². The standard InChI is InChI=1S/C22H30N2O2/c1-18-8-7-11-20(16-18)22(2,3)17-23-21(26)24(14-15-25)13-12-19-9-5-4-6-10-19/h4-11,16,25H,12-15,17H2,1-3H3,(H,23,26). The second-order valence-corrected chi connectivity index (χ2v) is 7.36. The van der Waals surface area contributed by atoms with Crippen LogP contribution in [0.1, 0.15) is 30.5 Å². The Morgan fingerprint density at radius 3 is 2.46 bits per heavy atom. The van der Waals surface area contributed by atoms with E-state index in [4.69, 9.17) is 0 Å². The zero-order valence-electron chi connectivity index (χ0n) is 16.0. The number of carbonyl (C=O) groups is 1. The van der Waals surface area contributed by atoms with Crippen molar-refractivity contribution in [2.24, 2.45) is 0 Å². The number of nitrogens with zero attached hydrogens (tertiary/aromatic N) is 1. The van der Waals surface area contributed by atoms with Crippen LogP contribution in [-0.4, -0.2) is 42.3 Å². The number of rotatable bonds is 8. The molecule has 0 bridgehead atoms. The molecule has 0 aliphatic heterocycles. The second-order valence-electron chi connectivity index (χ2n) is 7.36. The van der Waals surface area contributed by atoms with Gasteiger partial charge in [-0.15, -0.1) is 0 Å². The summed E-state index contributed by atoms with van der Waals surface area (Å²) < 4.78 is 0. The fourth-order valence-electron chi connectivity index (χ4n) is 2.92. The molecule has 2 N–H and O–H groups in total. The Balaban J connectivity index is 1.94. The summed E-state index contributed by atoms with van der Waals surface area (Å²) >= 11 is 0. The SMILES string of the molecule is Cc1cccc(C(C)(C)CNC(=O)N(CCO)CCc2ccccc2)c1. The van der Waals surface area contributed by atoms with Crippen LogP contribution < -0.4 is 5.32 Å². The van der Waals surface area contributed by atoms with E-state index in [0.717, 1.165) is 6.42 Å². The molecule has 0 saturated heterocycles. The molecule has 0 radical (unpaired) electrons. The third kappa shape index (κ3) is 5.88. The number of aryl methyl sites for hydroxylation is 1. The molecule has 0 aliphatic carbocycles. The monoisotopic (exact) mass is 354 g/mol. The van der Waals surface area contributed by atoms with E-state index in [-0.39, 0.29) is 18.1 Å². The molecular formula is C22H30N2O2. The van der Waals surface area contributed by atoms with Crippen molar-refractivity contribution in [2.75, 3.05) is 26.2 Å². The first-order valence-electron chi connectivity index (χ1n) is 9.17. The van der Waals surface area contributed by atoms with Crippen molar-refractivity contribution in [3.05, 3.63) is 71.3 Å². The van der Waals surface area contributed by atoms with Crippen LogP contribution in [0.5, 0.6) is 0 Å². The van der Waals surface area contributed by atoms with E-state index in [0.29, 0.717) is 19.6 Å². The van der Waals surface area contributed by atoms with E-state index in [9.17, 15) is 9.90 Å². The van der Waals surface area contributed by atoms with Gasteiger partial charge in [0.15, 0.2) is 0 Å². The Kier molecular flexibility index (Phi) is 7.22. The maximum absolute atomic E-state index is 12.6. The number of hydrogen-bond donors (Lipinski definition) is 2. The van der Waals surface area contributed by atoms with E-state index in [1.54, 1.807) is 4.90 Å². The van der Waals surface area contributed by atoms with Crippen molar-refractivity contribution < 1.29 is 9.90 Å². The summed E-state index contributed by atoms with van der Waals surface area (Å²) in [6.45, 7) is 7.76. The smallest absolute Gasteiger partial charge is 0.317 e. The highest BCUT2D eigenvalue weighted by Gasteiger charge is 2.23. The van der Waals surface area contributed by atoms with Crippen molar-refractivity contribution in [3.63, 3.8) is 0 Å². The minimum absolute atomic E-state index is 0.0382. The molecule has 2 rings (SSSR count). The number of hydrogen-bond acceptors (Lipinski definition) is 2. The second kappa shape index (κ2) is 9.39. The van der Waals surface area contributed by atoms with Gasteiger partial charge in [-0.3, -0.25) is 0 Å². The first kappa shape index (κ1) is 20.0. The van der Waals surface area contributed by atoms with Crippen molar-refractivity contribution >= 4 is 6.03 Å². The summed E-state index contributed by atoms with van der Waals surface area (Å²) in [6.07, 6.45) is 0.773. The van der Waals surface area contributed by atoms with Crippen LogP contribution in [-0.2, 0) is 11.8 Å². The number of benzene rings is 2. The number of nitrogens with one attached hydrogen (secondary N) is 1. The number of amides is 2. The minimum Gasteiger partial charge on any atom is -0.395 e. The fourth-order valence-corrected chi connectivity index (χ4v) is 2.92. The van der Waals surface area contributed by atoms with Crippen molar-refractivity contribution in [2.45, 2.75) is 32.6 Å². The molecule has 0 fully saturated rings. The van der Waals surface area contributed by atoms with Crippen LogP contribution in [0.25, 0.3) is 0 Å². The molecule has 0 unspecified atom stereocenters. The lowest BCUT2D eigenvalue weighted by Gasteiger charge is -2.29. The van der Waals surface area contributed by atoms with Gasteiger partial charge >= 0.3 is 6.03 Å². The molecule has 4 heteroatoms. The van der Waals surface area contributed by atoms with Crippen molar-refractivity contribution in [1.82, 2.24) is 10.2 Å². The summed E-state index contributed by atoms with van der Waals surface area (Å²) in [7, 11) is 0. The Hall–Kier alpha value is -2.33. The topological polar surface area (TPSA) is 52.6 Å². The van der Waals surface area contributed by atoms with E-state index in [1.165, 1.54) is 16.7 Å². The molecule has 0 aromatic heterocycles. The summed E-state index contributed by atoms with van der Waals surface area (Å²) in [5, 5.41) is 12.3.